The number of pyridine rings is 2. The number of hydrogen-bond donors (Lipinski definition) is 2. The van der Waals surface area contributed by atoms with E-state index in [1.54, 1.807) is 30.3 Å². The molecule has 0 amide bonds. The van der Waals surface area contributed by atoms with Crippen molar-refractivity contribution in [3.05, 3.63) is 70.5 Å². The van der Waals surface area contributed by atoms with Crippen LogP contribution in [0.1, 0.15) is 20.7 Å². The van der Waals surface area contributed by atoms with E-state index in [0.29, 0.717) is 37.8 Å². The average molecular weight is 485 g/mol. The largest absolute Gasteiger partial charge is 0.494 e. The lowest BCUT2D eigenvalue weighted by atomic mass is 10.1. The van der Waals surface area contributed by atoms with Gasteiger partial charge in [0.25, 0.3) is 0 Å². The van der Waals surface area contributed by atoms with Gasteiger partial charge in [0.15, 0.2) is 0 Å². The van der Waals surface area contributed by atoms with Gasteiger partial charge in [-0.2, -0.15) is 0 Å². The fourth-order valence-electron chi connectivity index (χ4n) is 3.04. The fraction of sp³-hybridized carbons (Fsp3) is 0.0909. The molecule has 158 valence electrons. The number of nitrogens with zero attached hydrogens (tertiary/aromatic N) is 2. The van der Waals surface area contributed by atoms with Crippen LogP contribution in [0.2, 0.25) is 0 Å². The molecular formula is C22H17BrN2O6. The second-order valence-electron chi connectivity index (χ2n) is 6.16. The van der Waals surface area contributed by atoms with Crippen LogP contribution in [0.5, 0.6) is 11.5 Å². The van der Waals surface area contributed by atoms with E-state index in [-0.39, 0.29) is 11.1 Å². The maximum Gasteiger partial charge on any atom is 0.336 e. The van der Waals surface area contributed by atoms with E-state index >= 15 is 0 Å². The van der Waals surface area contributed by atoms with Crippen molar-refractivity contribution in [2.24, 2.45) is 0 Å². The van der Waals surface area contributed by atoms with Crippen LogP contribution in [0.25, 0.3) is 21.8 Å². The highest BCUT2D eigenvalue weighted by Crippen LogP contribution is 2.32. The van der Waals surface area contributed by atoms with Crippen molar-refractivity contribution in [2.75, 3.05) is 14.2 Å². The van der Waals surface area contributed by atoms with Crippen molar-refractivity contribution in [2.45, 2.75) is 0 Å². The number of aromatic nitrogens is 2. The van der Waals surface area contributed by atoms with Crippen LogP contribution in [-0.4, -0.2) is 46.3 Å². The molecule has 0 aliphatic heterocycles. The molecule has 2 N–H and O–H groups in total. The maximum atomic E-state index is 11.1. The van der Waals surface area contributed by atoms with Crippen LogP contribution < -0.4 is 9.47 Å². The molecule has 0 saturated heterocycles. The molecule has 0 bridgehead atoms. The first-order valence-electron chi connectivity index (χ1n) is 8.88. The molecule has 0 saturated carbocycles. The molecule has 8 nitrogen and oxygen atoms in total. The van der Waals surface area contributed by atoms with Gasteiger partial charge in [0, 0.05) is 27.6 Å². The number of carboxylic acid groups (broad SMARTS) is 2. The summed E-state index contributed by atoms with van der Waals surface area (Å²) in [5.41, 5.74) is 1.55. The SMILES string of the molecule is COc1ccc(Br)c2c(C(=O)O)ccnc12.COc1cccc2c(C(=O)O)ccnc12. The zero-order valence-corrected chi connectivity index (χ0v) is 18.1. The Morgan fingerprint density at radius 3 is 2.00 bits per heavy atom. The number of aromatic carboxylic acids is 2. The Hall–Kier alpha value is -3.72. The highest BCUT2D eigenvalue weighted by Gasteiger charge is 2.14. The molecule has 9 heteroatoms. The zero-order chi connectivity index (χ0) is 22.5. The van der Waals surface area contributed by atoms with Crippen LogP contribution in [-0.2, 0) is 0 Å². The molecule has 2 aromatic heterocycles. The van der Waals surface area contributed by atoms with Gasteiger partial charge in [-0.25, -0.2) is 9.59 Å². The van der Waals surface area contributed by atoms with Crippen LogP contribution in [0.4, 0.5) is 0 Å². The Morgan fingerprint density at radius 2 is 1.39 bits per heavy atom. The van der Waals surface area contributed by atoms with Crippen LogP contribution in [0, 0.1) is 0 Å². The summed E-state index contributed by atoms with van der Waals surface area (Å²) in [5, 5.41) is 19.2. The number of halogens is 1. The molecule has 0 radical (unpaired) electrons. The lowest BCUT2D eigenvalue weighted by molar-refractivity contribution is 0.0688. The summed E-state index contributed by atoms with van der Waals surface area (Å²) in [5.74, 6) is -0.811. The van der Waals surface area contributed by atoms with Gasteiger partial charge in [0.2, 0.25) is 0 Å². The van der Waals surface area contributed by atoms with Crippen LogP contribution in [0.3, 0.4) is 0 Å². The molecule has 4 rings (SSSR count). The number of fused-ring (bicyclic) bond motifs is 2. The first-order chi connectivity index (χ1) is 14.9. The van der Waals surface area contributed by atoms with Gasteiger partial charge in [-0.3, -0.25) is 9.97 Å². The molecule has 0 spiro atoms. The van der Waals surface area contributed by atoms with Gasteiger partial charge >= 0.3 is 11.9 Å². The van der Waals surface area contributed by atoms with Gasteiger partial charge in [-0.15, -0.1) is 0 Å². The summed E-state index contributed by atoms with van der Waals surface area (Å²) in [6.45, 7) is 0. The predicted molar refractivity (Wildman–Crippen MR) is 118 cm³/mol. The van der Waals surface area contributed by atoms with Crippen molar-refractivity contribution in [3.8, 4) is 11.5 Å². The van der Waals surface area contributed by atoms with Crippen LogP contribution >= 0.6 is 15.9 Å². The molecular weight excluding hydrogens is 468 g/mol. The van der Waals surface area contributed by atoms with Gasteiger partial charge in [0.05, 0.1) is 25.3 Å². The van der Waals surface area contributed by atoms with Gasteiger partial charge in [-0.05, 0) is 30.3 Å². The molecule has 0 atom stereocenters. The van der Waals surface area contributed by atoms with Crippen molar-refractivity contribution < 1.29 is 29.3 Å². The molecule has 0 aliphatic carbocycles. The lowest BCUT2D eigenvalue weighted by Gasteiger charge is -2.08. The minimum absolute atomic E-state index is 0.204. The second kappa shape index (κ2) is 9.40. The highest BCUT2D eigenvalue weighted by molar-refractivity contribution is 9.10. The van der Waals surface area contributed by atoms with Crippen molar-refractivity contribution >= 4 is 49.7 Å². The first-order valence-corrected chi connectivity index (χ1v) is 9.67. The molecule has 4 aromatic rings. The summed E-state index contributed by atoms with van der Waals surface area (Å²) < 4.78 is 10.9. The Kier molecular flexibility index (Phi) is 6.66. The van der Waals surface area contributed by atoms with Crippen molar-refractivity contribution in [3.63, 3.8) is 0 Å². The maximum absolute atomic E-state index is 11.1. The Bertz CT molecular complexity index is 1290. The van der Waals surface area contributed by atoms with E-state index in [2.05, 4.69) is 25.9 Å². The zero-order valence-electron chi connectivity index (χ0n) is 16.5. The lowest BCUT2D eigenvalue weighted by Crippen LogP contribution is -1.99. The quantitative estimate of drug-likeness (QED) is 0.429. The van der Waals surface area contributed by atoms with E-state index in [1.165, 1.54) is 38.7 Å². The van der Waals surface area contributed by atoms with Gasteiger partial charge < -0.3 is 19.7 Å². The van der Waals surface area contributed by atoms with Crippen molar-refractivity contribution in [1.29, 1.82) is 0 Å². The van der Waals surface area contributed by atoms with E-state index in [0.717, 1.165) is 0 Å². The summed E-state index contributed by atoms with van der Waals surface area (Å²) in [7, 11) is 3.06. The Morgan fingerprint density at radius 1 is 0.806 bits per heavy atom. The minimum atomic E-state index is -0.985. The minimum Gasteiger partial charge on any atom is -0.494 e. The van der Waals surface area contributed by atoms with E-state index < -0.39 is 11.9 Å². The number of carbonyl (C=O) groups is 2. The summed E-state index contributed by atoms with van der Waals surface area (Å²) in [6, 6.07) is 11.6. The third-order valence-corrected chi connectivity index (χ3v) is 5.10. The third-order valence-electron chi connectivity index (χ3n) is 4.44. The number of para-hydroxylation sites is 1. The molecule has 0 fully saturated rings. The number of ether oxygens (including phenoxy) is 2. The van der Waals surface area contributed by atoms with E-state index in [9.17, 15) is 9.59 Å². The first kappa shape index (κ1) is 22.0. The molecule has 2 heterocycles. The molecule has 0 unspecified atom stereocenters. The van der Waals surface area contributed by atoms with E-state index in [1.807, 2.05) is 0 Å². The topological polar surface area (TPSA) is 119 Å². The number of rotatable bonds is 4. The van der Waals surface area contributed by atoms with E-state index in [4.69, 9.17) is 19.7 Å². The highest BCUT2D eigenvalue weighted by atomic mass is 79.9. The van der Waals surface area contributed by atoms with Crippen molar-refractivity contribution in [1.82, 2.24) is 9.97 Å². The Balaban J connectivity index is 0.000000176. The monoisotopic (exact) mass is 484 g/mol. The summed E-state index contributed by atoms with van der Waals surface area (Å²) >= 11 is 3.32. The predicted octanol–water partition coefficient (Wildman–Crippen LogP) is 4.65. The van der Waals surface area contributed by atoms with Crippen LogP contribution in [0.15, 0.2) is 59.3 Å². The average Bonchev–Trinajstić information content (AvgIpc) is 2.78. The van der Waals surface area contributed by atoms with Gasteiger partial charge in [-0.1, -0.05) is 28.1 Å². The van der Waals surface area contributed by atoms with Gasteiger partial charge in [0.1, 0.15) is 22.5 Å². The fourth-order valence-corrected chi connectivity index (χ4v) is 3.58. The normalized spacial score (nSPS) is 10.3. The smallest absolute Gasteiger partial charge is 0.336 e. The molecule has 2 aromatic carbocycles. The third kappa shape index (κ3) is 4.41. The number of hydrogen-bond acceptors (Lipinski definition) is 6. The number of benzene rings is 2. The number of carboxylic acids is 2. The second-order valence-corrected chi connectivity index (χ2v) is 7.01. The summed E-state index contributed by atoms with van der Waals surface area (Å²) in [6.07, 6.45) is 2.93. The molecule has 0 aliphatic rings. The Labute approximate surface area is 185 Å². The summed E-state index contributed by atoms with van der Waals surface area (Å²) in [4.78, 5) is 30.3. The standard InChI is InChI=1S/C11H8BrNO3.C11H9NO3/c1-16-8-3-2-7(12)9-6(11(14)15)4-5-13-10(8)9;1-15-9-4-2-3-7-8(11(13)14)5-6-12-10(7)9/h2-5H,1H3,(H,14,15);2-6H,1H3,(H,13,14). The number of methoxy groups -OCH3 is 2. The molecule has 31 heavy (non-hydrogen) atoms.